The normalized spacial score (nSPS) is 11.1. The van der Waals surface area contributed by atoms with Gasteiger partial charge >= 0.3 is 5.97 Å². The number of aromatic nitrogens is 6. The van der Waals surface area contributed by atoms with E-state index < -0.39 is 11.8 Å². The molecule has 0 saturated carbocycles. The quantitative estimate of drug-likeness (QED) is 0.263. The van der Waals surface area contributed by atoms with Crippen LogP contribution in [0.4, 0.5) is 16.0 Å². The molecule has 10 nitrogen and oxygen atoms in total. The van der Waals surface area contributed by atoms with Crippen molar-refractivity contribution in [3.8, 4) is 22.8 Å². The Morgan fingerprint density at radius 2 is 1.82 bits per heavy atom. The van der Waals surface area contributed by atoms with Crippen molar-refractivity contribution in [1.82, 2.24) is 28.3 Å². The number of ether oxygens (including phenoxy) is 2. The highest BCUT2D eigenvalue weighted by atomic mass is 32.1. The van der Waals surface area contributed by atoms with Gasteiger partial charge in [0, 0.05) is 23.5 Å². The molecule has 0 atom stereocenters. The molecule has 0 fully saturated rings. The molecule has 3 heterocycles. The number of benzene rings is 3. The Morgan fingerprint density at radius 3 is 2.63 bits per heavy atom. The fraction of sp³-hybridized carbons (Fsp3) is 0.0769. The van der Waals surface area contributed by atoms with Crippen molar-refractivity contribution in [3.63, 3.8) is 0 Å². The highest BCUT2D eigenvalue weighted by molar-refractivity contribution is 7.00. The maximum Gasteiger partial charge on any atom is 0.341 e. The number of nitrogens with one attached hydrogen (secondary N) is 1. The smallest absolute Gasteiger partial charge is 0.341 e. The minimum atomic E-state index is -0.633. The van der Waals surface area contributed by atoms with Gasteiger partial charge in [0.25, 0.3) is 5.78 Å². The molecular formula is C26H18FN7O3S. The summed E-state index contributed by atoms with van der Waals surface area (Å²) in [5, 5.41) is 7.56. The predicted molar refractivity (Wildman–Crippen MR) is 139 cm³/mol. The van der Waals surface area contributed by atoms with Crippen molar-refractivity contribution < 1.29 is 18.7 Å². The first kappa shape index (κ1) is 23.4. The first-order valence-electron chi connectivity index (χ1n) is 11.5. The topological polar surface area (TPSA) is 116 Å². The Bertz CT molecular complexity index is 1790. The standard InChI is InChI=1S/C26H18FN7O3S/c1-2-36-24(35)19-14-28-26-30-25(31-34(26)23(19)18-5-3-4-6-20(18)27)29-15-7-9-16(10-8-15)37-17-11-12-21-22(13-17)33-38-32-21/h3-14H,2H2,1H3,(H,29,31). The zero-order valence-electron chi connectivity index (χ0n) is 19.8. The van der Waals surface area contributed by atoms with Crippen LogP contribution in [0.25, 0.3) is 28.1 Å². The summed E-state index contributed by atoms with van der Waals surface area (Å²) in [5.74, 6) is 0.528. The Kier molecular flexibility index (Phi) is 6.06. The number of esters is 1. The first-order valence-corrected chi connectivity index (χ1v) is 12.3. The minimum Gasteiger partial charge on any atom is -0.462 e. The second-order valence-corrected chi connectivity index (χ2v) is 8.56. The Morgan fingerprint density at radius 1 is 1.03 bits per heavy atom. The number of fused-ring (bicyclic) bond motifs is 2. The van der Waals surface area contributed by atoms with E-state index in [1.807, 2.05) is 18.2 Å². The second-order valence-electron chi connectivity index (χ2n) is 8.03. The summed E-state index contributed by atoms with van der Waals surface area (Å²) in [6.07, 6.45) is 1.32. The van der Waals surface area contributed by atoms with E-state index in [2.05, 4.69) is 29.1 Å². The van der Waals surface area contributed by atoms with Crippen LogP contribution in [0.15, 0.2) is 72.9 Å². The van der Waals surface area contributed by atoms with E-state index in [1.54, 1.807) is 49.4 Å². The Hall–Kier alpha value is -4.97. The van der Waals surface area contributed by atoms with Crippen molar-refractivity contribution in [2.24, 2.45) is 0 Å². The number of rotatable bonds is 7. The predicted octanol–water partition coefficient (Wildman–Crippen LogP) is 5.65. The molecule has 0 radical (unpaired) electrons. The molecule has 3 aromatic carbocycles. The van der Waals surface area contributed by atoms with E-state index in [-0.39, 0.29) is 35.2 Å². The van der Waals surface area contributed by atoms with Gasteiger partial charge in [-0.1, -0.05) is 12.1 Å². The molecule has 188 valence electrons. The van der Waals surface area contributed by atoms with Gasteiger partial charge < -0.3 is 14.8 Å². The molecule has 12 heteroatoms. The molecule has 6 rings (SSSR count). The van der Waals surface area contributed by atoms with Gasteiger partial charge in [0.15, 0.2) is 0 Å². The number of halogens is 1. The fourth-order valence-corrected chi connectivity index (χ4v) is 4.37. The molecule has 0 unspecified atom stereocenters. The van der Waals surface area contributed by atoms with E-state index >= 15 is 0 Å². The van der Waals surface area contributed by atoms with E-state index in [9.17, 15) is 9.18 Å². The van der Waals surface area contributed by atoms with Gasteiger partial charge in [-0.15, -0.1) is 5.10 Å². The SMILES string of the molecule is CCOC(=O)c1cnc2nc(Nc3ccc(Oc4ccc5nsnc5c4)cc3)nn2c1-c1ccccc1F. The lowest BCUT2D eigenvalue weighted by Crippen LogP contribution is -2.11. The van der Waals surface area contributed by atoms with Gasteiger partial charge in [0.1, 0.15) is 33.9 Å². The fourth-order valence-electron chi connectivity index (χ4n) is 3.86. The molecule has 38 heavy (non-hydrogen) atoms. The van der Waals surface area contributed by atoms with Crippen molar-refractivity contribution in [3.05, 3.63) is 84.3 Å². The lowest BCUT2D eigenvalue weighted by molar-refractivity contribution is 0.0526. The summed E-state index contributed by atoms with van der Waals surface area (Å²) in [4.78, 5) is 21.3. The van der Waals surface area contributed by atoms with Crippen molar-refractivity contribution in [2.45, 2.75) is 6.92 Å². The van der Waals surface area contributed by atoms with E-state index in [4.69, 9.17) is 9.47 Å². The average Bonchev–Trinajstić information content (AvgIpc) is 3.56. The Balaban J connectivity index is 1.29. The van der Waals surface area contributed by atoms with E-state index in [0.717, 1.165) is 22.8 Å². The van der Waals surface area contributed by atoms with Crippen LogP contribution in [-0.4, -0.2) is 40.9 Å². The molecular weight excluding hydrogens is 509 g/mol. The van der Waals surface area contributed by atoms with Crippen molar-refractivity contribution >= 4 is 46.1 Å². The van der Waals surface area contributed by atoms with Gasteiger partial charge in [-0.2, -0.15) is 18.2 Å². The van der Waals surface area contributed by atoms with Crippen LogP contribution in [0.1, 0.15) is 17.3 Å². The molecule has 0 saturated heterocycles. The van der Waals surface area contributed by atoms with Crippen LogP contribution in [0.2, 0.25) is 0 Å². The average molecular weight is 528 g/mol. The summed E-state index contributed by atoms with van der Waals surface area (Å²) in [5.41, 5.74) is 2.73. The number of anilines is 2. The zero-order valence-corrected chi connectivity index (χ0v) is 20.6. The van der Waals surface area contributed by atoms with Gasteiger partial charge in [-0.25, -0.2) is 14.2 Å². The largest absolute Gasteiger partial charge is 0.462 e. The number of carbonyl (C=O) groups is 1. The third-order valence-corrected chi connectivity index (χ3v) is 6.12. The lowest BCUT2D eigenvalue weighted by atomic mass is 10.1. The third kappa shape index (κ3) is 4.48. The van der Waals surface area contributed by atoms with Crippen LogP contribution in [0.5, 0.6) is 11.5 Å². The molecule has 0 spiro atoms. The number of nitrogens with zero attached hydrogens (tertiary/aromatic N) is 6. The Labute approximate surface area is 219 Å². The van der Waals surface area contributed by atoms with Crippen molar-refractivity contribution in [2.75, 3.05) is 11.9 Å². The number of hydrogen-bond acceptors (Lipinski definition) is 10. The molecule has 0 aliphatic rings. The van der Waals surface area contributed by atoms with Crippen LogP contribution in [-0.2, 0) is 4.74 Å². The van der Waals surface area contributed by atoms with Crippen LogP contribution >= 0.6 is 11.7 Å². The molecule has 3 aromatic heterocycles. The summed E-state index contributed by atoms with van der Waals surface area (Å²) < 4.78 is 35.6. The maximum absolute atomic E-state index is 14.8. The second kappa shape index (κ2) is 9.82. The molecule has 6 aromatic rings. The van der Waals surface area contributed by atoms with Crippen LogP contribution in [0.3, 0.4) is 0 Å². The summed E-state index contributed by atoms with van der Waals surface area (Å²) in [6.45, 7) is 1.85. The molecule has 1 N–H and O–H groups in total. The number of hydrogen-bond donors (Lipinski definition) is 1. The molecule has 0 bridgehead atoms. The summed E-state index contributed by atoms with van der Waals surface area (Å²) in [7, 11) is 0. The zero-order chi connectivity index (χ0) is 26.1. The third-order valence-electron chi connectivity index (χ3n) is 5.56. The molecule has 0 aliphatic carbocycles. The monoisotopic (exact) mass is 527 g/mol. The van der Waals surface area contributed by atoms with Gasteiger partial charge in [0.05, 0.1) is 24.0 Å². The lowest BCUT2D eigenvalue weighted by Gasteiger charge is -2.10. The minimum absolute atomic E-state index is 0.0778. The number of carbonyl (C=O) groups excluding carboxylic acids is 1. The van der Waals surface area contributed by atoms with Crippen LogP contribution in [0, 0.1) is 5.82 Å². The van der Waals surface area contributed by atoms with Gasteiger partial charge in [0.2, 0.25) is 5.95 Å². The van der Waals surface area contributed by atoms with Gasteiger partial charge in [-0.3, -0.25) is 0 Å². The van der Waals surface area contributed by atoms with E-state index in [1.165, 1.54) is 16.8 Å². The molecule has 0 amide bonds. The summed E-state index contributed by atoms with van der Waals surface area (Å²) >= 11 is 1.15. The first-order chi connectivity index (χ1) is 18.6. The maximum atomic E-state index is 14.8. The van der Waals surface area contributed by atoms with Crippen LogP contribution < -0.4 is 10.1 Å². The summed E-state index contributed by atoms with van der Waals surface area (Å²) in [6, 6.07) is 18.8. The molecule has 0 aliphatic heterocycles. The highest BCUT2D eigenvalue weighted by Gasteiger charge is 2.22. The van der Waals surface area contributed by atoms with Crippen molar-refractivity contribution in [1.29, 1.82) is 0 Å². The van der Waals surface area contributed by atoms with E-state index in [0.29, 0.717) is 17.2 Å². The highest BCUT2D eigenvalue weighted by Crippen LogP contribution is 2.29. The van der Waals surface area contributed by atoms with Gasteiger partial charge in [-0.05, 0) is 55.5 Å².